The minimum absolute atomic E-state index is 0.0868. The molecule has 1 fully saturated rings. The standard InChI is InChI=1S/C21H27N5O2/c1-4-16-7-6-8-17(5-2)20(16)24-21(28)18-13-19(23-14-22-18)26-11-9-25(10-12-26)15(3)27/h6-8,13-14H,4-5,9-12H2,1-3H3,(H,24,28). The molecule has 0 radical (unpaired) electrons. The molecule has 0 unspecified atom stereocenters. The first-order valence-electron chi connectivity index (χ1n) is 9.78. The fourth-order valence-corrected chi connectivity index (χ4v) is 3.48. The topological polar surface area (TPSA) is 78.4 Å². The van der Waals surface area contributed by atoms with Crippen LogP contribution < -0.4 is 10.2 Å². The number of piperazine rings is 1. The average Bonchev–Trinajstić information content (AvgIpc) is 2.74. The molecule has 2 aromatic rings. The van der Waals surface area contributed by atoms with E-state index >= 15 is 0 Å². The summed E-state index contributed by atoms with van der Waals surface area (Å²) in [5.41, 5.74) is 3.45. The predicted octanol–water partition coefficient (Wildman–Crippen LogP) is 2.52. The molecule has 1 aromatic carbocycles. The highest BCUT2D eigenvalue weighted by Crippen LogP contribution is 2.23. The molecule has 7 heteroatoms. The van der Waals surface area contributed by atoms with Crippen LogP contribution in [0.5, 0.6) is 0 Å². The highest BCUT2D eigenvalue weighted by molar-refractivity contribution is 6.04. The molecular weight excluding hydrogens is 354 g/mol. The summed E-state index contributed by atoms with van der Waals surface area (Å²) in [6.07, 6.45) is 3.12. The maximum absolute atomic E-state index is 12.9. The van der Waals surface area contributed by atoms with Crippen molar-refractivity contribution in [2.24, 2.45) is 0 Å². The summed E-state index contributed by atoms with van der Waals surface area (Å²) >= 11 is 0. The lowest BCUT2D eigenvalue weighted by Gasteiger charge is -2.34. The van der Waals surface area contributed by atoms with Crippen molar-refractivity contribution in [3.8, 4) is 0 Å². The smallest absolute Gasteiger partial charge is 0.274 e. The Labute approximate surface area is 165 Å². The van der Waals surface area contributed by atoms with Gasteiger partial charge in [-0.15, -0.1) is 0 Å². The zero-order chi connectivity index (χ0) is 20.1. The molecule has 2 heterocycles. The number of rotatable bonds is 5. The van der Waals surface area contributed by atoms with E-state index in [1.807, 2.05) is 23.1 Å². The third-order valence-corrected chi connectivity index (χ3v) is 5.17. The lowest BCUT2D eigenvalue weighted by atomic mass is 10.0. The van der Waals surface area contributed by atoms with Gasteiger partial charge in [0.2, 0.25) is 5.91 Å². The number of aryl methyl sites for hydroxylation is 2. The molecule has 1 N–H and O–H groups in total. The number of hydrogen-bond donors (Lipinski definition) is 1. The van der Waals surface area contributed by atoms with Crippen LogP contribution in [0.2, 0.25) is 0 Å². The summed E-state index contributed by atoms with van der Waals surface area (Å²) in [5.74, 6) is 0.563. The van der Waals surface area contributed by atoms with E-state index in [2.05, 4.69) is 34.0 Å². The third kappa shape index (κ3) is 4.30. The maximum atomic E-state index is 12.9. The van der Waals surface area contributed by atoms with E-state index < -0.39 is 0 Å². The van der Waals surface area contributed by atoms with E-state index in [0.717, 1.165) is 29.7 Å². The summed E-state index contributed by atoms with van der Waals surface area (Å²) in [7, 11) is 0. The number of para-hydroxylation sites is 1. The molecule has 2 amide bonds. The van der Waals surface area contributed by atoms with Gasteiger partial charge in [-0.05, 0) is 24.0 Å². The zero-order valence-corrected chi connectivity index (χ0v) is 16.7. The zero-order valence-electron chi connectivity index (χ0n) is 16.7. The van der Waals surface area contributed by atoms with Crippen LogP contribution in [0.3, 0.4) is 0 Å². The van der Waals surface area contributed by atoms with Crippen LogP contribution in [0.4, 0.5) is 11.5 Å². The van der Waals surface area contributed by atoms with Crippen LogP contribution in [0.15, 0.2) is 30.6 Å². The van der Waals surface area contributed by atoms with Gasteiger partial charge in [-0.3, -0.25) is 9.59 Å². The van der Waals surface area contributed by atoms with Gasteiger partial charge in [0.05, 0.1) is 0 Å². The highest BCUT2D eigenvalue weighted by atomic mass is 16.2. The van der Waals surface area contributed by atoms with Gasteiger partial charge in [0, 0.05) is 44.9 Å². The van der Waals surface area contributed by atoms with Crippen molar-refractivity contribution in [3.05, 3.63) is 47.4 Å². The van der Waals surface area contributed by atoms with Crippen molar-refractivity contribution >= 4 is 23.3 Å². The van der Waals surface area contributed by atoms with Gasteiger partial charge >= 0.3 is 0 Å². The Morgan fingerprint density at radius 3 is 2.25 bits per heavy atom. The first-order valence-corrected chi connectivity index (χ1v) is 9.78. The number of carbonyl (C=O) groups excluding carboxylic acids is 2. The van der Waals surface area contributed by atoms with Gasteiger partial charge in [0.25, 0.3) is 5.91 Å². The Morgan fingerprint density at radius 1 is 1.04 bits per heavy atom. The molecule has 28 heavy (non-hydrogen) atoms. The van der Waals surface area contributed by atoms with Crippen LogP contribution in [-0.4, -0.2) is 52.9 Å². The highest BCUT2D eigenvalue weighted by Gasteiger charge is 2.21. The Morgan fingerprint density at radius 2 is 1.68 bits per heavy atom. The summed E-state index contributed by atoms with van der Waals surface area (Å²) in [4.78, 5) is 36.7. The number of nitrogens with zero attached hydrogens (tertiary/aromatic N) is 4. The Bertz CT molecular complexity index is 837. The third-order valence-electron chi connectivity index (χ3n) is 5.17. The molecule has 1 aliphatic heterocycles. The number of carbonyl (C=O) groups is 2. The minimum Gasteiger partial charge on any atom is -0.353 e. The first kappa shape index (κ1) is 19.8. The van der Waals surface area contributed by atoms with Crippen LogP contribution in [0, 0.1) is 0 Å². The Hall–Kier alpha value is -2.96. The molecule has 1 saturated heterocycles. The molecule has 0 atom stereocenters. The van der Waals surface area contributed by atoms with E-state index in [-0.39, 0.29) is 11.8 Å². The second-order valence-corrected chi connectivity index (χ2v) is 6.87. The van der Waals surface area contributed by atoms with Gasteiger partial charge in [-0.25, -0.2) is 9.97 Å². The molecule has 3 rings (SSSR count). The monoisotopic (exact) mass is 381 g/mol. The number of anilines is 2. The van der Waals surface area contributed by atoms with E-state index in [0.29, 0.717) is 37.7 Å². The first-order chi connectivity index (χ1) is 13.5. The van der Waals surface area contributed by atoms with E-state index in [9.17, 15) is 9.59 Å². The van der Waals surface area contributed by atoms with Crippen LogP contribution >= 0.6 is 0 Å². The summed E-state index contributed by atoms with van der Waals surface area (Å²) in [6.45, 7) is 8.44. The number of aromatic nitrogens is 2. The van der Waals surface area contributed by atoms with Gasteiger partial charge < -0.3 is 15.1 Å². The SMILES string of the molecule is CCc1cccc(CC)c1NC(=O)c1cc(N2CCN(C(C)=O)CC2)ncn1. The van der Waals surface area contributed by atoms with Gasteiger partial charge in [-0.1, -0.05) is 32.0 Å². The van der Waals surface area contributed by atoms with Gasteiger partial charge in [-0.2, -0.15) is 0 Å². The largest absolute Gasteiger partial charge is 0.353 e. The number of amides is 2. The lowest BCUT2D eigenvalue weighted by molar-refractivity contribution is -0.129. The molecule has 1 aliphatic rings. The molecule has 0 aliphatic carbocycles. The molecule has 1 aromatic heterocycles. The molecule has 7 nitrogen and oxygen atoms in total. The predicted molar refractivity (Wildman–Crippen MR) is 110 cm³/mol. The number of hydrogen-bond acceptors (Lipinski definition) is 5. The molecule has 0 spiro atoms. The quantitative estimate of drug-likeness (QED) is 0.861. The second kappa shape index (κ2) is 8.82. The maximum Gasteiger partial charge on any atom is 0.274 e. The van der Waals surface area contributed by atoms with Crippen molar-refractivity contribution in [3.63, 3.8) is 0 Å². The second-order valence-electron chi connectivity index (χ2n) is 6.87. The fourth-order valence-electron chi connectivity index (χ4n) is 3.48. The van der Waals surface area contributed by atoms with E-state index in [1.54, 1.807) is 13.0 Å². The lowest BCUT2D eigenvalue weighted by Crippen LogP contribution is -2.48. The van der Waals surface area contributed by atoms with Gasteiger partial charge in [0.1, 0.15) is 17.8 Å². The van der Waals surface area contributed by atoms with Crippen molar-refractivity contribution < 1.29 is 9.59 Å². The minimum atomic E-state index is -0.235. The van der Waals surface area contributed by atoms with Crippen molar-refractivity contribution in [2.45, 2.75) is 33.6 Å². The normalized spacial score (nSPS) is 14.1. The van der Waals surface area contributed by atoms with Crippen molar-refractivity contribution in [1.29, 1.82) is 0 Å². The Balaban J connectivity index is 1.76. The molecular formula is C21H27N5O2. The fraction of sp³-hybridized carbons (Fsp3) is 0.429. The summed E-state index contributed by atoms with van der Waals surface area (Å²) in [5, 5.41) is 3.05. The van der Waals surface area contributed by atoms with Gasteiger partial charge in [0.15, 0.2) is 0 Å². The Kier molecular flexibility index (Phi) is 6.23. The van der Waals surface area contributed by atoms with Crippen LogP contribution in [0.1, 0.15) is 42.4 Å². The summed E-state index contributed by atoms with van der Waals surface area (Å²) < 4.78 is 0. The van der Waals surface area contributed by atoms with E-state index in [4.69, 9.17) is 0 Å². The van der Waals surface area contributed by atoms with Crippen LogP contribution in [0.25, 0.3) is 0 Å². The van der Waals surface area contributed by atoms with Crippen molar-refractivity contribution in [2.75, 3.05) is 36.4 Å². The molecule has 0 bridgehead atoms. The van der Waals surface area contributed by atoms with E-state index in [1.165, 1.54) is 6.33 Å². The average molecular weight is 381 g/mol. The molecule has 0 saturated carbocycles. The molecule has 148 valence electrons. The van der Waals surface area contributed by atoms with Crippen LogP contribution in [-0.2, 0) is 17.6 Å². The summed E-state index contributed by atoms with van der Waals surface area (Å²) in [6, 6.07) is 7.82. The number of benzene rings is 1. The number of nitrogens with one attached hydrogen (secondary N) is 1. The van der Waals surface area contributed by atoms with Crippen molar-refractivity contribution in [1.82, 2.24) is 14.9 Å².